The Morgan fingerprint density at radius 2 is 1.90 bits per heavy atom. The summed E-state index contributed by atoms with van der Waals surface area (Å²) < 4.78 is 44.9. The molecule has 1 aromatic carbocycles. The number of nitrogens with one attached hydrogen (secondary N) is 2. The maximum atomic E-state index is 14.4. The molecule has 0 atom stereocenters. The van der Waals surface area contributed by atoms with Crippen LogP contribution in [0.15, 0.2) is 42.6 Å². The number of carbonyl (C=O) groups excluding carboxylic acids is 2. The van der Waals surface area contributed by atoms with Crippen molar-refractivity contribution in [3.8, 4) is 28.3 Å². The van der Waals surface area contributed by atoms with Gasteiger partial charge in [0.2, 0.25) is 18.7 Å². The number of aldehydes is 1. The maximum Gasteiger partial charge on any atom is 0.240 e. The predicted molar refractivity (Wildman–Crippen MR) is 148 cm³/mol. The van der Waals surface area contributed by atoms with Crippen LogP contribution in [-0.4, -0.2) is 61.0 Å². The van der Waals surface area contributed by atoms with E-state index in [4.69, 9.17) is 14.6 Å². The van der Waals surface area contributed by atoms with Gasteiger partial charge in [-0.25, -0.2) is 23.1 Å². The number of aromatic nitrogens is 2. The monoisotopic (exact) mass is 561 g/mol. The number of amides is 1. The molecule has 1 aliphatic carbocycles. The van der Waals surface area contributed by atoms with Gasteiger partial charge in [-0.2, -0.15) is 0 Å². The number of halogens is 3. The highest BCUT2D eigenvalue weighted by atomic mass is 19.3. The van der Waals surface area contributed by atoms with E-state index in [-0.39, 0.29) is 38.3 Å². The molecule has 5 N–H and O–H groups in total. The van der Waals surface area contributed by atoms with Crippen LogP contribution in [0, 0.1) is 18.7 Å². The minimum absolute atomic E-state index is 0.0483. The molecule has 0 unspecified atom stereocenters. The standard InChI is InChI=1S/C23H25F3N4O2.C4H6O.CH3NO/c1-14-9-18(24)20(28-6-4-21(25)26)13-17(14)16-10-19(30-23(12-16)32-8-7-31)15-3-5-29-22(11-15)27-2;5-3-4-1-2-4;2-1-3/h3,5,9-13,21,28,31H,4,6-8H2,1-2H3,(H,27,29);3-4H,1-2H2;1H,(H2,2,3). The van der Waals surface area contributed by atoms with Gasteiger partial charge in [0.15, 0.2) is 0 Å². The minimum Gasteiger partial charge on any atom is -0.475 e. The van der Waals surface area contributed by atoms with Crippen molar-refractivity contribution in [1.29, 1.82) is 0 Å². The lowest BCUT2D eigenvalue weighted by Crippen LogP contribution is -2.08. The van der Waals surface area contributed by atoms with E-state index in [0.717, 1.165) is 24.7 Å². The summed E-state index contributed by atoms with van der Waals surface area (Å²) in [6.07, 6.45) is 2.37. The Morgan fingerprint density at radius 3 is 2.48 bits per heavy atom. The number of hydrogen-bond donors (Lipinski definition) is 4. The predicted octanol–water partition coefficient (Wildman–Crippen LogP) is 4.43. The number of nitrogens with two attached hydrogens (primary N) is 1. The van der Waals surface area contributed by atoms with E-state index in [1.54, 1.807) is 38.4 Å². The number of carbonyl (C=O) groups is 2. The Morgan fingerprint density at radius 1 is 1.18 bits per heavy atom. The molecular weight excluding hydrogens is 527 g/mol. The van der Waals surface area contributed by atoms with E-state index >= 15 is 0 Å². The van der Waals surface area contributed by atoms with Crippen LogP contribution in [0.4, 0.5) is 24.7 Å². The number of pyridine rings is 2. The fourth-order valence-corrected chi connectivity index (χ4v) is 3.43. The fourth-order valence-electron chi connectivity index (χ4n) is 3.43. The van der Waals surface area contributed by atoms with Gasteiger partial charge in [-0.05, 0) is 66.8 Å². The highest BCUT2D eigenvalue weighted by Gasteiger charge is 2.19. The number of benzene rings is 1. The van der Waals surface area contributed by atoms with Crippen LogP contribution < -0.4 is 21.1 Å². The van der Waals surface area contributed by atoms with E-state index in [1.807, 2.05) is 12.1 Å². The topological polar surface area (TPSA) is 139 Å². The first-order valence-electron chi connectivity index (χ1n) is 12.6. The van der Waals surface area contributed by atoms with Gasteiger partial charge < -0.3 is 31.0 Å². The zero-order valence-electron chi connectivity index (χ0n) is 22.4. The SMILES string of the molecule is CNc1cc(-c2cc(-c3cc(NCCC(F)F)c(F)cc3C)cc(OCCO)n2)ccn1.NC=O.O=CC1CC1. The van der Waals surface area contributed by atoms with Gasteiger partial charge in [0, 0.05) is 43.8 Å². The van der Waals surface area contributed by atoms with Crippen LogP contribution in [0.25, 0.3) is 22.4 Å². The molecule has 2 aromatic heterocycles. The quantitative estimate of drug-likeness (QED) is 0.252. The summed E-state index contributed by atoms with van der Waals surface area (Å²) in [5.74, 6) is 0.899. The summed E-state index contributed by atoms with van der Waals surface area (Å²) in [5.41, 5.74) is 7.77. The molecule has 0 bridgehead atoms. The zero-order chi connectivity index (χ0) is 29.5. The van der Waals surface area contributed by atoms with E-state index in [1.165, 1.54) is 6.07 Å². The number of aliphatic hydroxyl groups excluding tert-OH is 1. The third-order valence-electron chi connectivity index (χ3n) is 5.57. The van der Waals surface area contributed by atoms with Crippen molar-refractivity contribution in [2.45, 2.75) is 32.6 Å². The molecule has 3 aromatic rings. The summed E-state index contributed by atoms with van der Waals surface area (Å²) in [6, 6.07) is 10.1. The molecule has 1 aliphatic rings. The first-order chi connectivity index (χ1) is 19.3. The highest BCUT2D eigenvalue weighted by Crippen LogP contribution is 2.34. The molecule has 12 heteroatoms. The molecule has 0 spiro atoms. The molecule has 0 aliphatic heterocycles. The average Bonchev–Trinajstić information content (AvgIpc) is 3.78. The third kappa shape index (κ3) is 10.5. The second-order valence-corrected chi connectivity index (χ2v) is 8.69. The highest BCUT2D eigenvalue weighted by molar-refractivity contribution is 5.77. The lowest BCUT2D eigenvalue weighted by atomic mass is 9.98. The number of aliphatic hydroxyl groups is 1. The van der Waals surface area contributed by atoms with Crippen molar-refractivity contribution in [3.63, 3.8) is 0 Å². The van der Waals surface area contributed by atoms with Crippen LogP contribution >= 0.6 is 0 Å². The summed E-state index contributed by atoms with van der Waals surface area (Å²) in [7, 11) is 1.76. The summed E-state index contributed by atoms with van der Waals surface area (Å²) >= 11 is 0. The second kappa shape index (κ2) is 16.7. The number of hydrogen-bond acceptors (Lipinski definition) is 8. The zero-order valence-corrected chi connectivity index (χ0v) is 22.4. The number of nitrogens with zero attached hydrogens (tertiary/aromatic N) is 2. The lowest BCUT2D eigenvalue weighted by molar-refractivity contribution is -0.109. The van der Waals surface area contributed by atoms with Crippen molar-refractivity contribution in [1.82, 2.24) is 9.97 Å². The molecule has 216 valence electrons. The van der Waals surface area contributed by atoms with Crippen molar-refractivity contribution in [2.75, 3.05) is 37.4 Å². The molecule has 1 amide bonds. The molecule has 1 saturated carbocycles. The Balaban J connectivity index is 0.000000608. The number of anilines is 2. The number of ether oxygens (including phenoxy) is 1. The van der Waals surface area contributed by atoms with Gasteiger partial charge in [0.25, 0.3) is 0 Å². The van der Waals surface area contributed by atoms with Crippen molar-refractivity contribution >= 4 is 24.2 Å². The molecule has 9 nitrogen and oxygen atoms in total. The summed E-state index contributed by atoms with van der Waals surface area (Å²) in [6.45, 7) is 1.61. The minimum atomic E-state index is -2.47. The van der Waals surface area contributed by atoms with Gasteiger partial charge in [-0.3, -0.25) is 4.79 Å². The number of alkyl halides is 2. The lowest BCUT2D eigenvalue weighted by Gasteiger charge is -2.15. The number of aryl methyl sites for hydroxylation is 1. The van der Waals surface area contributed by atoms with Crippen LogP contribution in [0.2, 0.25) is 0 Å². The van der Waals surface area contributed by atoms with Crippen molar-refractivity contribution in [3.05, 3.63) is 54.0 Å². The van der Waals surface area contributed by atoms with E-state index < -0.39 is 12.2 Å². The van der Waals surface area contributed by atoms with Gasteiger partial charge in [-0.1, -0.05) is 0 Å². The largest absolute Gasteiger partial charge is 0.475 e. The van der Waals surface area contributed by atoms with Crippen molar-refractivity contribution < 1.29 is 32.6 Å². The molecule has 1 fully saturated rings. The van der Waals surface area contributed by atoms with E-state index in [9.17, 15) is 18.0 Å². The summed E-state index contributed by atoms with van der Waals surface area (Å²) in [4.78, 5) is 26.9. The molecule has 0 radical (unpaired) electrons. The first kappa shape index (κ1) is 32.0. The Hall–Kier alpha value is -4.19. The number of rotatable bonds is 11. The summed E-state index contributed by atoms with van der Waals surface area (Å²) in [5, 5.41) is 14.8. The molecular formula is C28H34F3N5O4. The third-order valence-corrected chi connectivity index (χ3v) is 5.57. The van der Waals surface area contributed by atoms with Gasteiger partial charge in [0.05, 0.1) is 18.0 Å². The smallest absolute Gasteiger partial charge is 0.240 e. The first-order valence-corrected chi connectivity index (χ1v) is 12.6. The Kier molecular flexibility index (Phi) is 13.4. The maximum absolute atomic E-state index is 14.4. The molecule has 2 heterocycles. The van der Waals surface area contributed by atoms with Gasteiger partial charge >= 0.3 is 0 Å². The average molecular weight is 562 g/mol. The van der Waals surface area contributed by atoms with Crippen molar-refractivity contribution in [2.24, 2.45) is 11.7 Å². The Labute approximate surface area is 231 Å². The van der Waals surface area contributed by atoms with Crippen LogP contribution in [-0.2, 0) is 9.59 Å². The van der Waals surface area contributed by atoms with Gasteiger partial charge in [0.1, 0.15) is 24.5 Å². The number of primary amides is 1. The van der Waals surface area contributed by atoms with E-state index in [0.29, 0.717) is 40.0 Å². The van der Waals surface area contributed by atoms with Crippen LogP contribution in [0.1, 0.15) is 24.8 Å². The Bertz CT molecular complexity index is 1240. The van der Waals surface area contributed by atoms with Crippen LogP contribution in [0.3, 0.4) is 0 Å². The fraction of sp³-hybridized carbons (Fsp3) is 0.357. The molecule has 0 saturated heterocycles. The normalized spacial score (nSPS) is 11.9. The molecule has 40 heavy (non-hydrogen) atoms. The van der Waals surface area contributed by atoms with Gasteiger partial charge in [-0.15, -0.1) is 0 Å². The van der Waals surface area contributed by atoms with Crippen LogP contribution in [0.5, 0.6) is 5.88 Å². The van der Waals surface area contributed by atoms with E-state index in [2.05, 4.69) is 26.3 Å². The second-order valence-electron chi connectivity index (χ2n) is 8.69. The molecule has 4 rings (SSSR count).